The number of hydrogen-bond donors (Lipinski definition) is 5. The molecule has 3 aromatic rings. The fourth-order valence-corrected chi connectivity index (χ4v) is 5.54. The smallest absolute Gasteiger partial charge is 0.233 e. The minimum absolute atomic E-state index is 0.0275. The summed E-state index contributed by atoms with van der Waals surface area (Å²) in [5, 5.41) is 13.6. The van der Waals surface area contributed by atoms with Gasteiger partial charge in [0.25, 0.3) is 0 Å². The van der Waals surface area contributed by atoms with Gasteiger partial charge in [-0.2, -0.15) is 15.0 Å². The van der Waals surface area contributed by atoms with Gasteiger partial charge in [0.05, 0.1) is 6.10 Å². The Labute approximate surface area is 214 Å². The Hall–Kier alpha value is -3.64. The molecule has 11 nitrogen and oxygen atoms in total. The summed E-state index contributed by atoms with van der Waals surface area (Å²) in [6.07, 6.45) is 0.707. The first-order valence-electron chi connectivity index (χ1n) is 12.6. The first kappa shape index (κ1) is 23.7. The maximum atomic E-state index is 12.8. The predicted octanol–water partition coefficient (Wildman–Crippen LogP) is 0.590. The van der Waals surface area contributed by atoms with Crippen molar-refractivity contribution >= 4 is 29.3 Å². The number of piperidine rings is 2. The highest BCUT2D eigenvalue weighted by molar-refractivity contribution is 6.22. The van der Waals surface area contributed by atoms with E-state index in [1.165, 1.54) is 0 Å². The van der Waals surface area contributed by atoms with Crippen molar-refractivity contribution in [3.63, 3.8) is 0 Å². The quantitative estimate of drug-likeness (QED) is 0.265. The summed E-state index contributed by atoms with van der Waals surface area (Å²) in [5.74, 6) is 1.27. The average Bonchev–Trinajstić information content (AvgIpc) is 3.14. The fraction of sp³-hybridized carbons (Fsp3) is 0.385. The molecule has 0 saturated carbocycles. The van der Waals surface area contributed by atoms with Crippen LogP contribution in [0.4, 0.5) is 23.5 Å². The SMILES string of the molecule is N[C@@H]1C[C@H](N)CN(c2nc(Nc3ccc4c(c3)-c3ccccc3C4=O)nc(N3C[C@@H](N)C[C@@H](O)C3)n2)C1. The summed E-state index contributed by atoms with van der Waals surface area (Å²) in [6, 6.07) is 12.9. The van der Waals surface area contributed by atoms with Gasteiger partial charge in [-0.25, -0.2) is 0 Å². The van der Waals surface area contributed by atoms with E-state index in [-0.39, 0.29) is 23.9 Å². The Bertz CT molecular complexity index is 1290. The largest absolute Gasteiger partial charge is 0.391 e. The molecule has 0 bridgehead atoms. The van der Waals surface area contributed by atoms with Crippen LogP contribution in [0.2, 0.25) is 0 Å². The highest BCUT2D eigenvalue weighted by Crippen LogP contribution is 2.38. The second-order valence-electron chi connectivity index (χ2n) is 10.2. The number of benzene rings is 2. The van der Waals surface area contributed by atoms with E-state index in [9.17, 15) is 9.90 Å². The van der Waals surface area contributed by atoms with Gasteiger partial charge in [-0.05, 0) is 42.2 Å². The summed E-state index contributed by atoms with van der Waals surface area (Å²) in [5.41, 5.74) is 22.6. The van der Waals surface area contributed by atoms with Crippen LogP contribution in [0.3, 0.4) is 0 Å². The summed E-state index contributed by atoms with van der Waals surface area (Å²) < 4.78 is 0. The van der Waals surface area contributed by atoms with Crippen molar-refractivity contribution in [1.82, 2.24) is 15.0 Å². The number of carbonyl (C=O) groups excluding carboxylic acids is 1. The van der Waals surface area contributed by atoms with Gasteiger partial charge in [-0.1, -0.05) is 24.3 Å². The zero-order valence-corrected chi connectivity index (χ0v) is 20.4. The van der Waals surface area contributed by atoms with E-state index in [0.717, 1.165) is 23.2 Å². The number of aliphatic hydroxyl groups is 1. The van der Waals surface area contributed by atoms with Crippen LogP contribution in [-0.4, -0.2) is 76.3 Å². The van der Waals surface area contributed by atoms with Crippen LogP contribution in [0.1, 0.15) is 28.8 Å². The third-order valence-corrected chi connectivity index (χ3v) is 7.14. The maximum Gasteiger partial charge on any atom is 0.233 e. The first-order chi connectivity index (χ1) is 17.8. The van der Waals surface area contributed by atoms with E-state index in [1.807, 2.05) is 52.3 Å². The van der Waals surface area contributed by atoms with Crippen molar-refractivity contribution < 1.29 is 9.90 Å². The lowest BCUT2D eigenvalue weighted by atomic mass is 10.0. The molecular formula is C26H31N9O2. The molecule has 192 valence electrons. The van der Waals surface area contributed by atoms with Crippen molar-refractivity contribution in [2.24, 2.45) is 17.2 Å². The number of aliphatic hydroxyl groups excluding tert-OH is 1. The Morgan fingerprint density at radius 1 is 0.757 bits per heavy atom. The molecule has 6 rings (SSSR count). The van der Waals surface area contributed by atoms with Gasteiger partial charge in [-0.3, -0.25) is 4.79 Å². The van der Waals surface area contributed by atoms with Crippen LogP contribution in [0.15, 0.2) is 42.5 Å². The number of hydrogen-bond acceptors (Lipinski definition) is 11. The normalized spacial score (nSPS) is 25.1. The Morgan fingerprint density at radius 2 is 1.35 bits per heavy atom. The van der Waals surface area contributed by atoms with Crippen LogP contribution in [-0.2, 0) is 0 Å². The van der Waals surface area contributed by atoms with E-state index in [1.54, 1.807) is 0 Å². The number of carbonyl (C=O) groups is 1. The van der Waals surface area contributed by atoms with Gasteiger partial charge >= 0.3 is 0 Å². The van der Waals surface area contributed by atoms with Gasteiger partial charge in [0.15, 0.2) is 5.78 Å². The molecular weight excluding hydrogens is 470 g/mol. The number of ketones is 1. The molecule has 0 amide bonds. The Morgan fingerprint density at radius 3 is 2.03 bits per heavy atom. The van der Waals surface area contributed by atoms with Gasteiger partial charge in [-0.15, -0.1) is 0 Å². The molecule has 11 heteroatoms. The number of fused-ring (bicyclic) bond motifs is 3. The van der Waals surface area contributed by atoms with Crippen molar-refractivity contribution in [1.29, 1.82) is 0 Å². The monoisotopic (exact) mass is 501 g/mol. The lowest BCUT2D eigenvalue weighted by molar-refractivity contribution is 0.104. The van der Waals surface area contributed by atoms with E-state index < -0.39 is 6.10 Å². The number of anilines is 4. The van der Waals surface area contributed by atoms with Crippen molar-refractivity contribution in [2.75, 3.05) is 41.3 Å². The lowest BCUT2D eigenvalue weighted by Crippen LogP contribution is -2.53. The minimum Gasteiger partial charge on any atom is -0.391 e. The second kappa shape index (κ2) is 9.34. The van der Waals surface area contributed by atoms with E-state index in [0.29, 0.717) is 61.6 Å². The lowest BCUT2D eigenvalue weighted by Gasteiger charge is -2.36. The Kier molecular flexibility index (Phi) is 6.00. The van der Waals surface area contributed by atoms with E-state index >= 15 is 0 Å². The molecule has 2 aromatic carbocycles. The van der Waals surface area contributed by atoms with Gasteiger partial charge in [0, 0.05) is 61.1 Å². The molecule has 1 aliphatic carbocycles. The molecule has 2 saturated heterocycles. The van der Waals surface area contributed by atoms with Crippen LogP contribution in [0, 0.1) is 0 Å². The molecule has 8 N–H and O–H groups in total. The second-order valence-corrected chi connectivity index (χ2v) is 10.2. The summed E-state index contributed by atoms with van der Waals surface area (Å²) in [7, 11) is 0. The minimum atomic E-state index is -0.563. The predicted molar refractivity (Wildman–Crippen MR) is 142 cm³/mol. The first-order valence-corrected chi connectivity index (χ1v) is 12.6. The number of nitrogens with two attached hydrogens (primary N) is 3. The van der Waals surface area contributed by atoms with Gasteiger partial charge in [0.1, 0.15) is 0 Å². The summed E-state index contributed by atoms with van der Waals surface area (Å²) in [4.78, 5) is 30.8. The molecule has 0 spiro atoms. The fourth-order valence-electron chi connectivity index (χ4n) is 5.54. The Balaban J connectivity index is 1.36. The summed E-state index contributed by atoms with van der Waals surface area (Å²) >= 11 is 0. The third kappa shape index (κ3) is 4.62. The molecule has 2 aliphatic heterocycles. The topological polar surface area (TPSA) is 173 Å². The number of aromatic nitrogens is 3. The van der Waals surface area contributed by atoms with Gasteiger partial charge in [0.2, 0.25) is 17.8 Å². The number of nitrogens with zero attached hydrogens (tertiary/aromatic N) is 5. The molecule has 3 heterocycles. The third-order valence-electron chi connectivity index (χ3n) is 7.14. The highest BCUT2D eigenvalue weighted by atomic mass is 16.3. The molecule has 1 aromatic heterocycles. The van der Waals surface area contributed by atoms with E-state index in [2.05, 4.69) is 10.3 Å². The molecule has 4 atom stereocenters. The zero-order valence-electron chi connectivity index (χ0n) is 20.4. The van der Waals surface area contributed by atoms with Gasteiger partial charge < -0.3 is 37.4 Å². The van der Waals surface area contributed by atoms with Crippen molar-refractivity contribution in [2.45, 2.75) is 37.1 Å². The number of β-amino-alcohol motifs (C(OH)–C–C–N with tert-alkyl or cyclic N) is 1. The molecule has 0 unspecified atom stereocenters. The van der Waals surface area contributed by atoms with Crippen LogP contribution in [0.5, 0.6) is 0 Å². The van der Waals surface area contributed by atoms with Crippen molar-refractivity contribution in [3.8, 4) is 11.1 Å². The number of nitrogens with one attached hydrogen (secondary N) is 1. The highest BCUT2D eigenvalue weighted by Gasteiger charge is 2.30. The van der Waals surface area contributed by atoms with Crippen molar-refractivity contribution in [3.05, 3.63) is 53.6 Å². The number of rotatable bonds is 4. The zero-order chi connectivity index (χ0) is 25.7. The standard InChI is InChI=1S/C26H31N9O2/c27-14-7-15(28)11-34(10-14)25-31-24(32-26(33-25)35-12-16(29)8-18(36)13-35)30-17-5-6-21-22(9-17)19-3-1-2-4-20(19)23(21)37/h1-6,9,14-16,18,36H,7-8,10-13,27-29H2,(H,30,31,32,33)/t14-,15+,16-,18+/m0/s1. The molecule has 3 aliphatic rings. The summed E-state index contributed by atoms with van der Waals surface area (Å²) in [6.45, 7) is 2.07. The molecule has 2 fully saturated rings. The van der Waals surface area contributed by atoms with Crippen LogP contribution < -0.4 is 32.3 Å². The van der Waals surface area contributed by atoms with E-state index in [4.69, 9.17) is 27.2 Å². The molecule has 37 heavy (non-hydrogen) atoms. The molecule has 0 radical (unpaired) electrons. The van der Waals surface area contributed by atoms with Crippen LogP contribution >= 0.6 is 0 Å². The maximum absolute atomic E-state index is 12.8. The average molecular weight is 502 g/mol. The van der Waals surface area contributed by atoms with Crippen LogP contribution in [0.25, 0.3) is 11.1 Å².